The molecule has 0 aromatic heterocycles. The highest BCUT2D eigenvalue weighted by molar-refractivity contribution is 5.89. The average Bonchev–Trinajstić information content (AvgIpc) is 2.81. The summed E-state index contributed by atoms with van der Waals surface area (Å²) in [5.74, 6) is 2.51. The van der Waals surface area contributed by atoms with Gasteiger partial charge < -0.3 is 14.8 Å². The van der Waals surface area contributed by atoms with Gasteiger partial charge in [0, 0.05) is 6.54 Å². The van der Waals surface area contributed by atoms with Crippen LogP contribution in [0, 0.1) is 0 Å². The number of hydrogen-bond acceptors (Lipinski definition) is 4. The maximum absolute atomic E-state index is 5.91. The van der Waals surface area contributed by atoms with Crippen LogP contribution in [0.1, 0.15) is 6.92 Å². The van der Waals surface area contributed by atoms with Crippen molar-refractivity contribution in [1.82, 2.24) is 5.32 Å². The van der Waals surface area contributed by atoms with E-state index in [0.717, 1.165) is 30.4 Å². The van der Waals surface area contributed by atoms with Crippen molar-refractivity contribution >= 4 is 18.2 Å². The van der Waals surface area contributed by atoms with Crippen LogP contribution < -0.4 is 14.8 Å². The lowest BCUT2D eigenvalue weighted by Crippen LogP contribution is -2.47. The second-order valence-electron chi connectivity index (χ2n) is 4.00. The number of hydrogen-bond donors (Lipinski definition) is 1. The Morgan fingerprint density at radius 1 is 1.24 bits per heavy atom. The van der Waals surface area contributed by atoms with Gasteiger partial charge in [0.1, 0.15) is 11.9 Å². The molecule has 4 nitrogen and oxygen atoms in total. The predicted octanol–water partition coefficient (Wildman–Crippen LogP) is 1.64. The fourth-order valence-electron chi connectivity index (χ4n) is 2.02. The molecule has 0 saturated heterocycles. The van der Waals surface area contributed by atoms with Crippen LogP contribution in [0.2, 0.25) is 0 Å². The van der Waals surface area contributed by atoms with Crippen LogP contribution >= 0.6 is 12.4 Å². The first-order chi connectivity index (χ1) is 7.84. The molecule has 2 unspecified atom stereocenters. The summed E-state index contributed by atoms with van der Waals surface area (Å²) in [5, 5.41) is 3.23. The Morgan fingerprint density at radius 2 is 1.94 bits per heavy atom. The number of halogens is 1. The third-order valence-corrected chi connectivity index (χ3v) is 2.81. The Balaban J connectivity index is 0.00000108. The molecule has 1 aromatic carbocycles. The van der Waals surface area contributed by atoms with Crippen molar-refractivity contribution in [2.75, 3.05) is 13.1 Å². The highest BCUT2D eigenvalue weighted by Crippen LogP contribution is 2.33. The first-order valence-corrected chi connectivity index (χ1v) is 5.55. The fraction of sp³-hybridized carbons (Fsp3) is 0.417. The number of nitrogens with one attached hydrogen (secondary N) is 1. The number of ether oxygens (including phenoxy) is 2. The Hall–Kier alpha value is -1.42. The van der Waals surface area contributed by atoms with Gasteiger partial charge in [-0.15, -0.1) is 12.4 Å². The number of amidine groups is 1. The maximum atomic E-state index is 5.91. The zero-order chi connectivity index (χ0) is 11.0. The topological polar surface area (TPSA) is 42.9 Å². The molecule has 0 spiro atoms. The molecule has 0 bridgehead atoms. The summed E-state index contributed by atoms with van der Waals surface area (Å²) >= 11 is 0. The molecule has 92 valence electrons. The molecule has 1 N–H and O–H groups in total. The first kappa shape index (κ1) is 12.0. The number of fused-ring (bicyclic) bond motifs is 1. The van der Waals surface area contributed by atoms with Crippen LogP contribution in [0.25, 0.3) is 0 Å². The summed E-state index contributed by atoms with van der Waals surface area (Å²) in [6, 6.07) is 7.73. The molecule has 17 heavy (non-hydrogen) atoms. The zero-order valence-electron chi connectivity index (χ0n) is 9.55. The van der Waals surface area contributed by atoms with E-state index in [0.29, 0.717) is 0 Å². The van der Waals surface area contributed by atoms with E-state index in [-0.39, 0.29) is 24.6 Å². The molecule has 2 aliphatic heterocycles. The van der Waals surface area contributed by atoms with Crippen molar-refractivity contribution in [3.63, 3.8) is 0 Å². The highest BCUT2D eigenvalue weighted by atomic mass is 35.5. The van der Waals surface area contributed by atoms with Gasteiger partial charge in [-0.25, -0.2) is 0 Å². The third kappa shape index (κ3) is 2.17. The molecule has 2 aliphatic rings. The predicted molar refractivity (Wildman–Crippen MR) is 68.5 cm³/mol. The minimum absolute atomic E-state index is 0. The van der Waals surface area contributed by atoms with Gasteiger partial charge in [0.05, 0.1) is 6.54 Å². The molecule has 0 amide bonds. The number of nitrogens with zero attached hydrogens (tertiary/aromatic N) is 1. The fourth-order valence-corrected chi connectivity index (χ4v) is 2.02. The minimum atomic E-state index is -0.114. The Morgan fingerprint density at radius 3 is 2.59 bits per heavy atom. The second kappa shape index (κ2) is 4.84. The molecule has 0 radical (unpaired) electrons. The first-order valence-electron chi connectivity index (χ1n) is 5.55. The molecule has 0 fully saturated rings. The van der Waals surface area contributed by atoms with Crippen molar-refractivity contribution in [3.05, 3.63) is 24.3 Å². The average molecular weight is 255 g/mol. The van der Waals surface area contributed by atoms with Gasteiger partial charge in [0.25, 0.3) is 0 Å². The van der Waals surface area contributed by atoms with E-state index >= 15 is 0 Å². The van der Waals surface area contributed by atoms with Crippen molar-refractivity contribution < 1.29 is 9.47 Å². The van der Waals surface area contributed by atoms with Crippen LogP contribution in [0.4, 0.5) is 0 Å². The quantitative estimate of drug-likeness (QED) is 0.829. The van der Waals surface area contributed by atoms with Crippen LogP contribution in [0.3, 0.4) is 0 Å². The summed E-state index contributed by atoms with van der Waals surface area (Å²) in [4.78, 5) is 4.38. The van der Waals surface area contributed by atoms with E-state index in [2.05, 4.69) is 10.3 Å². The van der Waals surface area contributed by atoms with Gasteiger partial charge in [0.15, 0.2) is 17.6 Å². The molecule has 3 rings (SSSR count). The maximum Gasteiger partial charge on any atom is 0.192 e. The van der Waals surface area contributed by atoms with Gasteiger partial charge in [-0.1, -0.05) is 12.1 Å². The summed E-state index contributed by atoms with van der Waals surface area (Å²) in [7, 11) is 0. The molecule has 0 saturated carbocycles. The molecule has 2 atom stereocenters. The lowest BCUT2D eigenvalue weighted by Gasteiger charge is -2.31. The SMILES string of the molecule is CC1Oc2ccccc2OC1C1=NCCN1.Cl. The Kier molecular flexibility index (Phi) is 3.43. The van der Waals surface area contributed by atoms with E-state index in [9.17, 15) is 0 Å². The van der Waals surface area contributed by atoms with E-state index in [1.54, 1.807) is 0 Å². The summed E-state index contributed by atoms with van der Waals surface area (Å²) < 4.78 is 11.7. The number of aliphatic imine (C=N–C) groups is 1. The van der Waals surface area contributed by atoms with Gasteiger partial charge in [-0.05, 0) is 19.1 Å². The third-order valence-electron chi connectivity index (χ3n) is 2.81. The lowest BCUT2D eigenvalue weighted by molar-refractivity contribution is 0.0691. The van der Waals surface area contributed by atoms with Gasteiger partial charge in [-0.3, -0.25) is 4.99 Å². The van der Waals surface area contributed by atoms with Crippen molar-refractivity contribution in [2.45, 2.75) is 19.1 Å². The lowest BCUT2D eigenvalue weighted by atomic mass is 10.1. The summed E-state index contributed by atoms with van der Waals surface area (Å²) in [6.07, 6.45) is -0.128. The van der Waals surface area contributed by atoms with Crippen LogP contribution in [0.15, 0.2) is 29.3 Å². The molecular formula is C12H15ClN2O2. The number of rotatable bonds is 1. The van der Waals surface area contributed by atoms with E-state index in [1.165, 1.54) is 0 Å². The molecule has 0 aliphatic carbocycles. The normalized spacial score (nSPS) is 25.6. The summed E-state index contributed by atoms with van der Waals surface area (Å²) in [6.45, 7) is 3.72. The largest absolute Gasteiger partial charge is 0.482 e. The van der Waals surface area contributed by atoms with Crippen molar-refractivity contribution in [1.29, 1.82) is 0 Å². The van der Waals surface area contributed by atoms with Gasteiger partial charge in [0.2, 0.25) is 0 Å². The van der Waals surface area contributed by atoms with Gasteiger partial charge >= 0.3 is 0 Å². The van der Waals surface area contributed by atoms with E-state index in [1.807, 2.05) is 31.2 Å². The Labute approximate surface area is 106 Å². The molecule has 5 heteroatoms. The smallest absolute Gasteiger partial charge is 0.192 e. The van der Waals surface area contributed by atoms with Crippen LogP contribution in [0.5, 0.6) is 11.5 Å². The van der Waals surface area contributed by atoms with Crippen LogP contribution in [-0.2, 0) is 0 Å². The highest BCUT2D eigenvalue weighted by Gasteiger charge is 2.33. The minimum Gasteiger partial charge on any atom is -0.482 e. The number of benzene rings is 1. The van der Waals surface area contributed by atoms with E-state index in [4.69, 9.17) is 9.47 Å². The Bertz CT molecular complexity index is 436. The van der Waals surface area contributed by atoms with E-state index < -0.39 is 0 Å². The van der Waals surface area contributed by atoms with Crippen molar-refractivity contribution in [2.24, 2.45) is 4.99 Å². The van der Waals surface area contributed by atoms with Crippen molar-refractivity contribution in [3.8, 4) is 11.5 Å². The van der Waals surface area contributed by atoms with Gasteiger partial charge in [-0.2, -0.15) is 0 Å². The van der Waals surface area contributed by atoms with Crippen LogP contribution in [-0.4, -0.2) is 31.1 Å². The number of para-hydroxylation sites is 2. The molecular weight excluding hydrogens is 240 g/mol. The zero-order valence-corrected chi connectivity index (χ0v) is 10.4. The monoisotopic (exact) mass is 254 g/mol. The second-order valence-corrected chi connectivity index (χ2v) is 4.00. The molecule has 1 aromatic rings. The standard InChI is InChI=1S/C12H14N2O2.ClH/c1-8-11(12-13-6-7-14-12)16-10-5-3-2-4-9(10)15-8;/h2-5,8,11H,6-7H2,1H3,(H,13,14);1H. The summed E-state index contributed by atoms with van der Waals surface area (Å²) in [5.41, 5.74) is 0. The molecule has 2 heterocycles.